The maximum absolute atomic E-state index is 13.2. The quantitative estimate of drug-likeness (QED) is 0.599. The van der Waals surface area contributed by atoms with E-state index in [-0.39, 0.29) is 5.69 Å². The molecule has 1 N–H and O–H groups in total. The Morgan fingerprint density at radius 2 is 1.76 bits per heavy atom. The minimum absolute atomic E-state index is 0.299. The lowest BCUT2D eigenvalue weighted by atomic mass is 10.1. The van der Waals surface area contributed by atoms with Crippen LogP contribution >= 0.6 is 11.6 Å². The molecule has 6 nitrogen and oxygen atoms in total. The zero-order valence-electron chi connectivity index (χ0n) is 18.2. The third kappa shape index (κ3) is 6.32. The molecule has 1 aliphatic heterocycles. The van der Waals surface area contributed by atoms with Crippen molar-refractivity contribution in [2.75, 3.05) is 35.1 Å². The molecule has 1 saturated heterocycles. The lowest BCUT2D eigenvalue weighted by Gasteiger charge is -2.24. The van der Waals surface area contributed by atoms with Crippen molar-refractivity contribution in [3.8, 4) is 0 Å². The Morgan fingerprint density at radius 1 is 1.15 bits per heavy atom. The number of benzene rings is 2. The highest BCUT2D eigenvalue weighted by Gasteiger charge is 2.34. The lowest BCUT2D eigenvalue weighted by Crippen LogP contribution is -2.41. The van der Waals surface area contributed by atoms with Crippen molar-refractivity contribution in [3.63, 3.8) is 0 Å². The van der Waals surface area contributed by atoms with E-state index >= 15 is 0 Å². The fourth-order valence-electron chi connectivity index (χ4n) is 3.74. The van der Waals surface area contributed by atoms with Gasteiger partial charge in [-0.2, -0.15) is 13.2 Å². The van der Waals surface area contributed by atoms with Crippen molar-refractivity contribution in [1.82, 2.24) is 5.32 Å². The molecule has 0 aromatic heterocycles. The summed E-state index contributed by atoms with van der Waals surface area (Å²) in [6.07, 6.45) is -1.64. The van der Waals surface area contributed by atoms with Crippen LogP contribution in [0.1, 0.15) is 36.9 Å². The number of nitrogens with zero attached hydrogens (tertiary/aromatic N) is 2. The monoisotopic (exact) mass is 503 g/mol. The molecule has 1 unspecified atom stereocenters. The summed E-state index contributed by atoms with van der Waals surface area (Å²) in [5, 5.41) is 2.15. The third-order valence-corrected chi connectivity index (χ3v) is 6.94. The fraction of sp³-hybridized carbons (Fsp3) is 0.409. The fourth-order valence-corrected chi connectivity index (χ4v) is 4.81. The highest BCUT2D eigenvalue weighted by atomic mass is 35.5. The van der Waals surface area contributed by atoms with Crippen molar-refractivity contribution < 1.29 is 26.4 Å². The summed E-state index contributed by atoms with van der Waals surface area (Å²) in [6.45, 7) is 3.09. The molecule has 180 valence electrons. The van der Waals surface area contributed by atoms with E-state index in [2.05, 4.69) is 10.2 Å². The van der Waals surface area contributed by atoms with Gasteiger partial charge in [0, 0.05) is 18.8 Å². The van der Waals surface area contributed by atoms with Gasteiger partial charge in [0.05, 0.1) is 28.6 Å². The molecule has 0 saturated carbocycles. The molecule has 1 heterocycles. The summed E-state index contributed by atoms with van der Waals surface area (Å²) >= 11 is 5.62. The normalized spacial score (nSPS) is 15.4. The van der Waals surface area contributed by atoms with Gasteiger partial charge in [-0.15, -0.1) is 0 Å². The molecule has 2 aromatic carbocycles. The van der Waals surface area contributed by atoms with Crippen LogP contribution in [0, 0.1) is 0 Å². The predicted octanol–water partition coefficient (Wildman–Crippen LogP) is 4.60. The van der Waals surface area contributed by atoms with Crippen LogP contribution in [0.4, 0.5) is 24.5 Å². The molecule has 0 spiro atoms. The van der Waals surface area contributed by atoms with E-state index in [0.29, 0.717) is 10.4 Å². The molecule has 1 amide bonds. The van der Waals surface area contributed by atoms with Crippen LogP contribution in [0.2, 0.25) is 5.02 Å². The van der Waals surface area contributed by atoms with Gasteiger partial charge in [-0.1, -0.05) is 23.7 Å². The number of carbonyl (C=O) groups is 1. The van der Waals surface area contributed by atoms with Gasteiger partial charge in [0.15, 0.2) is 0 Å². The Morgan fingerprint density at radius 3 is 2.30 bits per heavy atom. The zero-order valence-corrected chi connectivity index (χ0v) is 19.8. The number of hydrogen-bond acceptors (Lipinski definition) is 4. The Bertz CT molecular complexity index is 1100. The van der Waals surface area contributed by atoms with Gasteiger partial charge in [0.25, 0.3) is 0 Å². The van der Waals surface area contributed by atoms with E-state index in [0.717, 1.165) is 55.6 Å². The molecule has 0 bridgehead atoms. The first kappa shape index (κ1) is 25.2. The number of amides is 1. The number of sulfonamides is 1. The van der Waals surface area contributed by atoms with Crippen molar-refractivity contribution in [1.29, 1.82) is 0 Å². The van der Waals surface area contributed by atoms with E-state index in [9.17, 15) is 26.4 Å². The van der Waals surface area contributed by atoms with Crippen molar-refractivity contribution in [2.24, 2.45) is 0 Å². The second kappa shape index (κ2) is 9.80. The molecule has 1 atom stereocenters. The highest BCUT2D eigenvalue weighted by molar-refractivity contribution is 7.92. The van der Waals surface area contributed by atoms with E-state index in [1.807, 2.05) is 24.3 Å². The maximum atomic E-state index is 13.2. The van der Waals surface area contributed by atoms with Crippen LogP contribution in [-0.4, -0.2) is 40.2 Å². The number of anilines is 2. The van der Waals surface area contributed by atoms with Gasteiger partial charge in [-0.3, -0.25) is 9.10 Å². The predicted molar refractivity (Wildman–Crippen MR) is 123 cm³/mol. The molecule has 2 aromatic rings. The van der Waals surface area contributed by atoms with E-state index in [1.54, 1.807) is 6.92 Å². The second-order valence-corrected chi connectivity index (χ2v) is 10.3. The van der Waals surface area contributed by atoms with Gasteiger partial charge in [-0.05, 0) is 55.7 Å². The Kier molecular flexibility index (Phi) is 7.48. The van der Waals surface area contributed by atoms with Crippen molar-refractivity contribution in [2.45, 2.75) is 32.0 Å². The van der Waals surface area contributed by atoms with Gasteiger partial charge >= 0.3 is 6.18 Å². The highest BCUT2D eigenvalue weighted by Crippen LogP contribution is 2.37. The van der Waals surface area contributed by atoms with Crippen molar-refractivity contribution >= 4 is 38.9 Å². The number of carbonyl (C=O) groups excluding carboxylic acids is 1. The lowest BCUT2D eigenvalue weighted by molar-refractivity contribution is -0.137. The van der Waals surface area contributed by atoms with Crippen LogP contribution in [-0.2, 0) is 21.0 Å². The molecule has 0 aliphatic carbocycles. The Hall–Kier alpha value is -2.46. The molecule has 33 heavy (non-hydrogen) atoms. The molecular weight excluding hydrogens is 479 g/mol. The molecular formula is C22H25ClF3N3O3S. The van der Waals surface area contributed by atoms with Crippen LogP contribution in [0.5, 0.6) is 0 Å². The summed E-state index contributed by atoms with van der Waals surface area (Å²) in [5.74, 6) is -0.653. The molecule has 0 radical (unpaired) electrons. The number of nitrogens with one attached hydrogen (secondary N) is 1. The summed E-state index contributed by atoms with van der Waals surface area (Å²) in [6, 6.07) is 10.0. The van der Waals surface area contributed by atoms with Crippen molar-refractivity contribution in [3.05, 3.63) is 58.6 Å². The first-order valence-corrected chi connectivity index (χ1v) is 12.6. The topological polar surface area (TPSA) is 69.7 Å². The number of halogens is 4. The van der Waals surface area contributed by atoms with Crippen LogP contribution in [0.25, 0.3) is 0 Å². The minimum Gasteiger partial charge on any atom is -0.372 e. The van der Waals surface area contributed by atoms with Crippen LogP contribution in [0.3, 0.4) is 0 Å². The molecule has 1 aliphatic rings. The summed E-state index contributed by atoms with van der Waals surface area (Å²) in [5.41, 5.74) is 0.443. The molecule has 11 heteroatoms. The Labute approximate surface area is 196 Å². The van der Waals surface area contributed by atoms with Gasteiger partial charge < -0.3 is 10.2 Å². The average Bonchev–Trinajstić information content (AvgIpc) is 3.26. The maximum Gasteiger partial charge on any atom is 0.417 e. The number of alkyl halides is 3. The molecule has 1 fully saturated rings. The third-order valence-electron chi connectivity index (χ3n) is 5.47. The first-order chi connectivity index (χ1) is 15.4. The van der Waals surface area contributed by atoms with E-state index < -0.39 is 45.3 Å². The van der Waals surface area contributed by atoms with Crippen LogP contribution in [0.15, 0.2) is 42.5 Å². The smallest absolute Gasteiger partial charge is 0.372 e. The standard InChI is InChI=1S/C22H25ClF3N3O3S/c1-15(16-5-7-17(8-6-16)28-11-3-4-12-28)27-21(30)14-29(33(2,31)32)18-9-10-20(23)19(13-18)22(24,25)26/h5-10,13,15H,3-4,11-12,14H2,1-2H3,(H,27,30). The zero-order chi connectivity index (χ0) is 24.4. The SMILES string of the molecule is CC(NC(=O)CN(c1ccc(Cl)c(C(F)(F)F)c1)S(C)(=O)=O)c1ccc(N2CCCC2)cc1. The van der Waals surface area contributed by atoms with E-state index in [1.165, 1.54) is 0 Å². The average molecular weight is 504 g/mol. The van der Waals surface area contributed by atoms with Crippen LogP contribution < -0.4 is 14.5 Å². The Balaban J connectivity index is 1.73. The molecule has 3 rings (SSSR count). The second-order valence-electron chi connectivity index (χ2n) is 8.01. The van der Waals surface area contributed by atoms with Gasteiger partial charge in [-0.25, -0.2) is 8.42 Å². The summed E-state index contributed by atoms with van der Waals surface area (Å²) in [7, 11) is -4.05. The first-order valence-electron chi connectivity index (χ1n) is 10.3. The van der Waals surface area contributed by atoms with E-state index in [4.69, 9.17) is 11.6 Å². The summed E-state index contributed by atoms with van der Waals surface area (Å²) in [4.78, 5) is 14.9. The summed E-state index contributed by atoms with van der Waals surface area (Å²) < 4.78 is 64.8. The van der Waals surface area contributed by atoms with Gasteiger partial charge in [0.2, 0.25) is 15.9 Å². The van der Waals surface area contributed by atoms with Gasteiger partial charge in [0.1, 0.15) is 6.54 Å². The largest absolute Gasteiger partial charge is 0.417 e. The number of hydrogen-bond donors (Lipinski definition) is 1. The number of rotatable bonds is 7. The minimum atomic E-state index is -4.77.